The van der Waals surface area contributed by atoms with Gasteiger partial charge < -0.3 is 4.98 Å². The Bertz CT molecular complexity index is 546. The number of nitrogens with zero attached hydrogens (tertiary/aromatic N) is 1. The molecule has 1 heterocycles. The second-order valence-electron chi connectivity index (χ2n) is 5.34. The lowest BCUT2D eigenvalue weighted by molar-refractivity contribution is 0.351. The summed E-state index contributed by atoms with van der Waals surface area (Å²) in [5, 5.41) is 1.77. The zero-order valence-electron chi connectivity index (χ0n) is 11.0. The van der Waals surface area contributed by atoms with E-state index in [2.05, 4.69) is 9.97 Å². The molecule has 0 saturated heterocycles. The predicted molar refractivity (Wildman–Crippen MR) is 83.0 cm³/mol. The lowest BCUT2D eigenvalue weighted by Gasteiger charge is -2.20. The normalized spacial score (nSPS) is 17.1. The third kappa shape index (κ3) is 3.46. The van der Waals surface area contributed by atoms with Crippen LogP contribution in [0.3, 0.4) is 0 Å². The van der Waals surface area contributed by atoms with E-state index in [1.54, 1.807) is 0 Å². The van der Waals surface area contributed by atoms with E-state index in [9.17, 15) is 0 Å². The van der Waals surface area contributed by atoms with Crippen molar-refractivity contribution >= 4 is 34.4 Å². The predicted octanol–water partition coefficient (Wildman–Crippen LogP) is 5.28. The fourth-order valence-corrected chi connectivity index (χ4v) is 3.98. The number of imidazole rings is 1. The zero-order chi connectivity index (χ0) is 13.1. The lowest BCUT2D eigenvalue weighted by Crippen LogP contribution is -2.06. The first kappa shape index (κ1) is 13.3. The first-order chi connectivity index (χ1) is 9.31. The number of hydrogen-bond acceptors (Lipinski definition) is 2. The average Bonchev–Trinajstić information content (AvgIpc) is 2.82. The van der Waals surface area contributed by atoms with E-state index in [0.29, 0.717) is 0 Å². The van der Waals surface area contributed by atoms with E-state index in [4.69, 9.17) is 11.6 Å². The van der Waals surface area contributed by atoms with Crippen molar-refractivity contribution in [2.75, 3.05) is 5.75 Å². The SMILES string of the molecule is Clc1ccc2[nH]c(SCCC3CCCCC3)nc2c1. The van der Waals surface area contributed by atoms with Crippen LogP contribution in [0.5, 0.6) is 0 Å². The number of thioether (sulfide) groups is 1. The van der Waals surface area contributed by atoms with Crippen LogP contribution < -0.4 is 0 Å². The Morgan fingerprint density at radius 1 is 1.26 bits per heavy atom. The molecule has 0 unspecified atom stereocenters. The van der Waals surface area contributed by atoms with Gasteiger partial charge in [-0.3, -0.25) is 0 Å². The van der Waals surface area contributed by atoms with Crippen LogP contribution in [0.4, 0.5) is 0 Å². The average molecular weight is 295 g/mol. The highest BCUT2D eigenvalue weighted by atomic mass is 35.5. The van der Waals surface area contributed by atoms with E-state index in [1.807, 2.05) is 30.0 Å². The van der Waals surface area contributed by atoms with Crippen LogP contribution in [0.1, 0.15) is 38.5 Å². The van der Waals surface area contributed by atoms with Gasteiger partial charge in [0.25, 0.3) is 0 Å². The quantitative estimate of drug-likeness (QED) is 0.777. The topological polar surface area (TPSA) is 28.7 Å². The fourth-order valence-electron chi connectivity index (χ4n) is 2.82. The smallest absolute Gasteiger partial charge is 0.166 e. The Morgan fingerprint density at radius 2 is 2.11 bits per heavy atom. The molecule has 0 amide bonds. The van der Waals surface area contributed by atoms with Crippen LogP contribution in [-0.2, 0) is 0 Å². The highest BCUT2D eigenvalue weighted by Crippen LogP contribution is 2.29. The van der Waals surface area contributed by atoms with Crippen molar-refractivity contribution in [3.05, 3.63) is 23.2 Å². The maximum absolute atomic E-state index is 5.97. The first-order valence-corrected chi connectivity index (χ1v) is 8.46. The second-order valence-corrected chi connectivity index (χ2v) is 6.86. The lowest BCUT2D eigenvalue weighted by atomic mass is 9.88. The van der Waals surface area contributed by atoms with Crippen molar-refractivity contribution in [3.63, 3.8) is 0 Å². The minimum atomic E-state index is 0.748. The van der Waals surface area contributed by atoms with E-state index in [1.165, 1.54) is 38.5 Å². The number of hydrogen-bond donors (Lipinski definition) is 1. The van der Waals surface area contributed by atoms with Crippen LogP contribution >= 0.6 is 23.4 Å². The molecule has 102 valence electrons. The molecule has 0 aliphatic heterocycles. The van der Waals surface area contributed by atoms with E-state index in [-0.39, 0.29) is 0 Å². The summed E-state index contributed by atoms with van der Waals surface area (Å²) < 4.78 is 0. The summed E-state index contributed by atoms with van der Waals surface area (Å²) in [7, 11) is 0. The van der Waals surface area contributed by atoms with E-state index >= 15 is 0 Å². The minimum Gasteiger partial charge on any atom is -0.333 e. The van der Waals surface area contributed by atoms with Crippen LogP contribution in [-0.4, -0.2) is 15.7 Å². The number of nitrogens with one attached hydrogen (secondary N) is 1. The Morgan fingerprint density at radius 3 is 2.95 bits per heavy atom. The first-order valence-electron chi connectivity index (χ1n) is 7.09. The highest BCUT2D eigenvalue weighted by Gasteiger charge is 2.13. The Kier molecular flexibility index (Phi) is 4.34. The number of fused-ring (bicyclic) bond motifs is 1. The molecule has 0 spiro atoms. The van der Waals surface area contributed by atoms with Gasteiger partial charge in [0.2, 0.25) is 0 Å². The molecule has 1 fully saturated rings. The molecule has 1 aliphatic carbocycles. The fraction of sp³-hybridized carbons (Fsp3) is 0.533. The number of H-pyrrole nitrogens is 1. The molecule has 1 aromatic heterocycles. The van der Waals surface area contributed by atoms with Gasteiger partial charge in [-0.15, -0.1) is 0 Å². The van der Waals surface area contributed by atoms with Crippen molar-refractivity contribution in [3.8, 4) is 0 Å². The van der Waals surface area contributed by atoms with E-state index < -0.39 is 0 Å². The number of benzene rings is 1. The third-order valence-electron chi connectivity index (χ3n) is 3.91. The van der Waals surface area contributed by atoms with Crippen molar-refractivity contribution in [2.45, 2.75) is 43.7 Å². The van der Waals surface area contributed by atoms with Crippen molar-refractivity contribution in [2.24, 2.45) is 5.92 Å². The molecule has 0 bridgehead atoms. The molecule has 1 aliphatic rings. The third-order valence-corrected chi connectivity index (χ3v) is 5.05. The molecule has 0 radical (unpaired) electrons. The largest absolute Gasteiger partial charge is 0.333 e. The van der Waals surface area contributed by atoms with Crippen LogP contribution in [0.15, 0.2) is 23.4 Å². The standard InChI is InChI=1S/C15H19ClN2S/c16-12-6-7-13-14(10-12)18-15(17-13)19-9-8-11-4-2-1-3-5-11/h6-7,10-11H,1-5,8-9H2,(H,17,18). The van der Waals surface area contributed by atoms with Gasteiger partial charge >= 0.3 is 0 Å². The maximum Gasteiger partial charge on any atom is 0.166 e. The monoisotopic (exact) mass is 294 g/mol. The summed E-state index contributed by atoms with van der Waals surface area (Å²) in [6, 6.07) is 5.81. The Labute approximate surface area is 123 Å². The van der Waals surface area contributed by atoms with Crippen LogP contribution in [0, 0.1) is 5.92 Å². The maximum atomic E-state index is 5.97. The summed E-state index contributed by atoms with van der Waals surface area (Å²) in [4.78, 5) is 7.93. The van der Waals surface area contributed by atoms with Gasteiger partial charge in [0.1, 0.15) is 0 Å². The summed E-state index contributed by atoms with van der Waals surface area (Å²) in [5.41, 5.74) is 2.04. The minimum absolute atomic E-state index is 0.748. The second kappa shape index (κ2) is 6.19. The highest BCUT2D eigenvalue weighted by molar-refractivity contribution is 7.99. The van der Waals surface area contributed by atoms with Crippen LogP contribution in [0.25, 0.3) is 11.0 Å². The molecule has 2 nitrogen and oxygen atoms in total. The summed E-state index contributed by atoms with van der Waals surface area (Å²) in [6.07, 6.45) is 8.47. The van der Waals surface area contributed by atoms with Gasteiger partial charge in [-0.1, -0.05) is 55.5 Å². The van der Waals surface area contributed by atoms with Crippen molar-refractivity contribution in [1.82, 2.24) is 9.97 Å². The molecule has 3 rings (SSSR count). The molecule has 19 heavy (non-hydrogen) atoms. The van der Waals surface area contributed by atoms with Gasteiger partial charge in [0.05, 0.1) is 11.0 Å². The van der Waals surface area contributed by atoms with Crippen molar-refractivity contribution in [1.29, 1.82) is 0 Å². The number of aromatic amines is 1. The molecular formula is C15H19ClN2S. The number of aromatic nitrogens is 2. The number of halogens is 1. The van der Waals surface area contributed by atoms with Crippen LogP contribution in [0.2, 0.25) is 5.02 Å². The molecule has 1 N–H and O–H groups in total. The zero-order valence-corrected chi connectivity index (χ0v) is 12.6. The molecule has 1 aromatic carbocycles. The van der Waals surface area contributed by atoms with Gasteiger partial charge in [-0.2, -0.15) is 0 Å². The molecule has 2 aromatic rings. The molecule has 0 atom stereocenters. The Balaban J connectivity index is 1.56. The van der Waals surface area contributed by atoms with Gasteiger partial charge in [0.15, 0.2) is 5.16 Å². The van der Waals surface area contributed by atoms with Gasteiger partial charge in [-0.05, 0) is 30.5 Å². The molecule has 1 saturated carbocycles. The summed E-state index contributed by atoms with van der Waals surface area (Å²) in [6.45, 7) is 0. The van der Waals surface area contributed by atoms with Crippen molar-refractivity contribution < 1.29 is 0 Å². The number of rotatable bonds is 4. The van der Waals surface area contributed by atoms with Gasteiger partial charge in [0, 0.05) is 10.8 Å². The Hall–Kier alpha value is -0.670. The summed E-state index contributed by atoms with van der Waals surface area (Å²) in [5.74, 6) is 2.11. The summed E-state index contributed by atoms with van der Waals surface area (Å²) >= 11 is 7.81. The molecule has 4 heteroatoms. The van der Waals surface area contributed by atoms with Gasteiger partial charge in [-0.25, -0.2) is 4.98 Å². The molecular weight excluding hydrogens is 276 g/mol. The van der Waals surface area contributed by atoms with E-state index in [0.717, 1.165) is 32.9 Å².